The van der Waals surface area contributed by atoms with Crippen molar-refractivity contribution < 1.29 is 21.4 Å². The lowest BCUT2D eigenvalue weighted by Gasteiger charge is -2.27. The van der Waals surface area contributed by atoms with Crippen LogP contribution in [0.1, 0.15) is 40.5 Å². The maximum atomic E-state index is 12.6. The average molecular weight is 258 g/mol. The lowest BCUT2D eigenvalue weighted by molar-refractivity contribution is 0.0137. The molecule has 0 aliphatic heterocycles. The minimum atomic E-state index is -2.14. The second kappa shape index (κ2) is 6.61. The van der Waals surface area contributed by atoms with Gasteiger partial charge in [0.25, 0.3) is 0 Å². The molecule has 0 aliphatic rings. The maximum Gasteiger partial charge on any atom is 0.305 e. The lowest BCUT2D eigenvalue weighted by atomic mass is 10.1. The molecular formula is C10H20F2O3S. The van der Waals surface area contributed by atoms with E-state index in [1.807, 2.05) is 0 Å². The van der Waals surface area contributed by atoms with E-state index < -0.39 is 35.9 Å². The van der Waals surface area contributed by atoms with Gasteiger partial charge in [-0.1, -0.05) is 13.8 Å². The van der Waals surface area contributed by atoms with Gasteiger partial charge in [0.05, 0.1) is 0 Å². The Morgan fingerprint density at radius 3 is 1.50 bits per heavy atom. The third-order valence-electron chi connectivity index (χ3n) is 2.60. The SMILES string of the molecule is CCC(C)(CF)OS(=O)OC(C)(CC)CF. The first-order valence-electron chi connectivity index (χ1n) is 5.27. The molecule has 0 spiro atoms. The topological polar surface area (TPSA) is 35.5 Å². The monoisotopic (exact) mass is 258 g/mol. The highest BCUT2D eigenvalue weighted by molar-refractivity contribution is 7.75. The van der Waals surface area contributed by atoms with Gasteiger partial charge in [-0.05, 0) is 26.7 Å². The molecule has 0 amide bonds. The van der Waals surface area contributed by atoms with Gasteiger partial charge in [0.2, 0.25) is 0 Å². The number of alkyl halides is 2. The molecule has 0 aromatic rings. The average Bonchev–Trinajstić information content (AvgIpc) is 2.28. The van der Waals surface area contributed by atoms with Gasteiger partial charge in [0.15, 0.2) is 0 Å². The molecule has 2 unspecified atom stereocenters. The minimum Gasteiger partial charge on any atom is -0.259 e. The van der Waals surface area contributed by atoms with Crippen molar-refractivity contribution in [3.8, 4) is 0 Å². The molecule has 0 aliphatic carbocycles. The Balaban J connectivity index is 4.38. The highest BCUT2D eigenvalue weighted by Crippen LogP contribution is 2.23. The number of hydrogen-bond acceptors (Lipinski definition) is 3. The number of hydrogen-bond donors (Lipinski definition) is 0. The molecule has 0 aromatic heterocycles. The highest BCUT2D eigenvalue weighted by Gasteiger charge is 2.32. The summed E-state index contributed by atoms with van der Waals surface area (Å²) in [6.45, 7) is 4.88. The predicted octanol–water partition coefficient (Wildman–Crippen LogP) is 2.87. The first-order chi connectivity index (χ1) is 7.34. The van der Waals surface area contributed by atoms with Crippen LogP contribution in [0.5, 0.6) is 0 Å². The van der Waals surface area contributed by atoms with Crippen LogP contribution in [0.3, 0.4) is 0 Å². The zero-order valence-electron chi connectivity index (χ0n) is 10.2. The van der Waals surface area contributed by atoms with Gasteiger partial charge in [-0.15, -0.1) is 0 Å². The molecule has 16 heavy (non-hydrogen) atoms. The summed E-state index contributed by atoms with van der Waals surface area (Å²) in [4.78, 5) is 0. The second-order valence-corrected chi connectivity index (χ2v) is 4.99. The Labute approximate surface area is 98.4 Å². The van der Waals surface area contributed by atoms with E-state index in [4.69, 9.17) is 8.37 Å². The van der Waals surface area contributed by atoms with Crippen LogP contribution in [0, 0.1) is 0 Å². The second-order valence-electron chi connectivity index (χ2n) is 4.24. The summed E-state index contributed by atoms with van der Waals surface area (Å²) in [5.41, 5.74) is -2.29. The largest absolute Gasteiger partial charge is 0.305 e. The Morgan fingerprint density at radius 2 is 1.31 bits per heavy atom. The third-order valence-corrected chi connectivity index (χ3v) is 3.68. The van der Waals surface area contributed by atoms with Crippen LogP contribution < -0.4 is 0 Å². The third kappa shape index (κ3) is 4.84. The van der Waals surface area contributed by atoms with Crippen molar-refractivity contribution in [1.29, 1.82) is 0 Å². The summed E-state index contributed by atoms with van der Waals surface area (Å²) in [6, 6.07) is 0. The normalized spacial score (nSPS) is 21.1. The van der Waals surface area contributed by atoms with Gasteiger partial charge in [-0.25, -0.2) is 8.78 Å². The number of halogens is 2. The summed E-state index contributed by atoms with van der Waals surface area (Å²) in [5, 5.41) is 0. The fourth-order valence-corrected chi connectivity index (χ4v) is 1.71. The Bertz CT molecular complexity index is 206. The van der Waals surface area contributed by atoms with E-state index in [2.05, 4.69) is 0 Å². The Hall–Kier alpha value is -0.0700. The van der Waals surface area contributed by atoms with Crippen molar-refractivity contribution >= 4 is 11.4 Å². The van der Waals surface area contributed by atoms with Crippen molar-refractivity contribution in [2.24, 2.45) is 0 Å². The molecule has 2 atom stereocenters. The molecule has 6 heteroatoms. The van der Waals surface area contributed by atoms with E-state index in [1.54, 1.807) is 13.8 Å². The first kappa shape index (κ1) is 15.9. The van der Waals surface area contributed by atoms with E-state index in [0.717, 1.165) is 0 Å². The summed E-state index contributed by atoms with van der Waals surface area (Å²) in [5.74, 6) is 0. The van der Waals surface area contributed by atoms with Crippen molar-refractivity contribution in [3.63, 3.8) is 0 Å². The van der Waals surface area contributed by atoms with Crippen LogP contribution in [0.2, 0.25) is 0 Å². The molecule has 0 fully saturated rings. The van der Waals surface area contributed by atoms with E-state index in [0.29, 0.717) is 12.8 Å². The van der Waals surface area contributed by atoms with Crippen LogP contribution in [0.4, 0.5) is 8.78 Å². The van der Waals surface area contributed by atoms with Gasteiger partial charge < -0.3 is 0 Å². The summed E-state index contributed by atoms with van der Waals surface area (Å²) >= 11 is -2.14. The smallest absolute Gasteiger partial charge is 0.259 e. The van der Waals surface area contributed by atoms with Crippen molar-refractivity contribution in [3.05, 3.63) is 0 Å². The van der Waals surface area contributed by atoms with Crippen LogP contribution in [-0.2, 0) is 19.7 Å². The molecule has 98 valence electrons. The maximum absolute atomic E-state index is 12.6. The van der Waals surface area contributed by atoms with E-state index >= 15 is 0 Å². The van der Waals surface area contributed by atoms with Gasteiger partial charge in [0.1, 0.15) is 24.6 Å². The highest BCUT2D eigenvalue weighted by atomic mass is 32.2. The standard InChI is InChI=1S/C10H20F2O3S/c1-5-9(3,7-11)14-16(13)15-10(4,6-2)8-12/h5-8H2,1-4H3. The van der Waals surface area contributed by atoms with E-state index in [1.165, 1.54) is 13.8 Å². The Morgan fingerprint density at radius 1 is 1.00 bits per heavy atom. The van der Waals surface area contributed by atoms with E-state index in [-0.39, 0.29) is 0 Å². The van der Waals surface area contributed by atoms with Crippen molar-refractivity contribution in [1.82, 2.24) is 0 Å². The van der Waals surface area contributed by atoms with Crippen molar-refractivity contribution in [2.75, 3.05) is 13.3 Å². The zero-order chi connectivity index (χ0) is 12.8. The number of rotatable bonds is 8. The van der Waals surface area contributed by atoms with Crippen LogP contribution in [-0.4, -0.2) is 28.8 Å². The summed E-state index contributed by atoms with van der Waals surface area (Å²) in [6.07, 6.45) is 0.716. The summed E-state index contributed by atoms with van der Waals surface area (Å²) in [7, 11) is 0. The Kier molecular flexibility index (Phi) is 6.58. The van der Waals surface area contributed by atoms with Gasteiger partial charge in [-0.3, -0.25) is 8.37 Å². The molecule has 0 saturated heterocycles. The molecule has 3 nitrogen and oxygen atoms in total. The molecule has 0 bridgehead atoms. The van der Waals surface area contributed by atoms with Gasteiger partial charge in [-0.2, -0.15) is 4.21 Å². The molecule has 0 saturated carbocycles. The van der Waals surface area contributed by atoms with Gasteiger partial charge >= 0.3 is 11.4 Å². The molecule has 0 N–H and O–H groups in total. The molecule has 0 radical (unpaired) electrons. The fraction of sp³-hybridized carbons (Fsp3) is 1.00. The van der Waals surface area contributed by atoms with Crippen LogP contribution in [0.15, 0.2) is 0 Å². The fourth-order valence-electron chi connectivity index (χ4n) is 0.697. The molecule has 0 aromatic carbocycles. The van der Waals surface area contributed by atoms with Crippen LogP contribution in [0.25, 0.3) is 0 Å². The molecule has 0 rings (SSSR count). The zero-order valence-corrected chi connectivity index (χ0v) is 11.0. The predicted molar refractivity (Wildman–Crippen MR) is 59.7 cm³/mol. The van der Waals surface area contributed by atoms with Crippen molar-refractivity contribution in [2.45, 2.75) is 51.7 Å². The molecule has 0 heterocycles. The van der Waals surface area contributed by atoms with Crippen LogP contribution >= 0.6 is 0 Å². The molecular weight excluding hydrogens is 238 g/mol. The van der Waals surface area contributed by atoms with E-state index in [9.17, 15) is 13.0 Å². The first-order valence-corrected chi connectivity index (χ1v) is 6.27. The summed E-state index contributed by atoms with van der Waals surface area (Å²) < 4.78 is 46.6. The quantitative estimate of drug-likeness (QED) is 0.671. The van der Waals surface area contributed by atoms with Gasteiger partial charge in [0, 0.05) is 0 Å². The lowest BCUT2D eigenvalue weighted by Crippen LogP contribution is -2.37. The minimum absolute atomic E-state index is 0.358.